The van der Waals surface area contributed by atoms with Crippen LogP contribution in [0.25, 0.3) is 0 Å². The Kier molecular flexibility index (Phi) is 4.31. The van der Waals surface area contributed by atoms with Crippen molar-refractivity contribution in [3.63, 3.8) is 0 Å². The first-order valence-electron chi connectivity index (χ1n) is 8.38. The molecular formula is C19H21N3O2S. The van der Waals surface area contributed by atoms with Crippen LogP contribution in [0.3, 0.4) is 0 Å². The van der Waals surface area contributed by atoms with Crippen LogP contribution in [0.15, 0.2) is 53.4 Å². The van der Waals surface area contributed by atoms with E-state index in [4.69, 9.17) is 4.74 Å². The highest BCUT2D eigenvalue weighted by molar-refractivity contribution is 7.98. The van der Waals surface area contributed by atoms with E-state index in [-0.39, 0.29) is 12.2 Å². The molecule has 2 saturated heterocycles. The Hall–Kier alpha value is -2.18. The van der Waals surface area contributed by atoms with Crippen molar-refractivity contribution in [3.05, 3.63) is 54.1 Å². The maximum Gasteiger partial charge on any atom is 0.340 e. The summed E-state index contributed by atoms with van der Waals surface area (Å²) >= 11 is 1.70. The monoisotopic (exact) mass is 355 g/mol. The summed E-state index contributed by atoms with van der Waals surface area (Å²) in [7, 11) is 1.66. The lowest BCUT2D eigenvalue weighted by Crippen LogP contribution is -2.32. The fourth-order valence-corrected chi connectivity index (χ4v) is 3.95. The van der Waals surface area contributed by atoms with Gasteiger partial charge in [-0.05, 0) is 54.6 Å². The quantitative estimate of drug-likeness (QED) is 0.777. The van der Waals surface area contributed by atoms with Gasteiger partial charge in [0.1, 0.15) is 11.9 Å². The number of rotatable bonds is 4. The number of urea groups is 1. The van der Waals surface area contributed by atoms with Crippen molar-refractivity contribution in [1.29, 1.82) is 0 Å². The molecule has 2 amide bonds. The second kappa shape index (κ2) is 6.61. The number of nitrogens with zero attached hydrogens (tertiary/aromatic N) is 3. The molecule has 0 unspecified atom stereocenters. The van der Waals surface area contributed by atoms with Crippen LogP contribution in [0.2, 0.25) is 0 Å². The summed E-state index contributed by atoms with van der Waals surface area (Å²) in [5.74, 6) is 0.822. The second-order valence-electron chi connectivity index (χ2n) is 6.14. The largest absolute Gasteiger partial charge is 0.497 e. The van der Waals surface area contributed by atoms with Gasteiger partial charge in [-0.25, -0.2) is 4.79 Å². The molecule has 0 aromatic heterocycles. The molecule has 6 heteroatoms. The maximum absolute atomic E-state index is 13.0. The predicted molar refractivity (Wildman–Crippen MR) is 99.9 cm³/mol. The number of thioether (sulfide) groups is 1. The number of hydrogen-bond donors (Lipinski definition) is 0. The second-order valence-corrected chi connectivity index (χ2v) is 7.02. The van der Waals surface area contributed by atoms with Crippen molar-refractivity contribution in [1.82, 2.24) is 10.0 Å². The van der Waals surface area contributed by atoms with E-state index in [9.17, 15) is 4.79 Å². The number of amides is 2. The van der Waals surface area contributed by atoms with Gasteiger partial charge in [0.05, 0.1) is 7.11 Å². The van der Waals surface area contributed by atoms with Gasteiger partial charge in [0, 0.05) is 23.7 Å². The summed E-state index contributed by atoms with van der Waals surface area (Å²) in [6.07, 6.45) is 2.95. The van der Waals surface area contributed by atoms with Gasteiger partial charge in [0.2, 0.25) is 0 Å². The van der Waals surface area contributed by atoms with E-state index >= 15 is 0 Å². The molecule has 1 atom stereocenters. The van der Waals surface area contributed by atoms with Gasteiger partial charge in [-0.1, -0.05) is 12.1 Å². The van der Waals surface area contributed by atoms with Crippen LogP contribution in [0, 0.1) is 0 Å². The lowest BCUT2D eigenvalue weighted by Gasteiger charge is -2.28. The van der Waals surface area contributed by atoms with E-state index in [1.54, 1.807) is 18.9 Å². The fraction of sp³-hybridized carbons (Fsp3) is 0.316. The molecule has 25 heavy (non-hydrogen) atoms. The van der Waals surface area contributed by atoms with Gasteiger partial charge in [-0.3, -0.25) is 9.91 Å². The number of fused-ring (bicyclic) bond motifs is 1. The number of methoxy groups -OCH3 is 1. The Morgan fingerprint density at radius 2 is 1.76 bits per heavy atom. The number of hydrazine groups is 1. The SMILES string of the molecule is COc1ccc([C@@H]2N(c3ccc(SC)cc3)C(=O)N3CCCN23)cc1. The molecule has 0 bridgehead atoms. The van der Waals surface area contributed by atoms with E-state index in [1.807, 2.05) is 46.3 Å². The molecule has 4 rings (SSSR count). The molecule has 5 nitrogen and oxygen atoms in total. The van der Waals surface area contributed by atoms with Crippen LogP contribution in [-0.2, 0) is 0 Å². The Morgan fingerprint density at radius 3 is 2.40 bits per heavy atom. The standard InChI is InChI=1S/C19H21N3O2S/c1-24-16-8-4-14(5-9-16)18-20-12-3-13-21(20)19(23)22(18)15-6-10-17(25-2)11-7-15/h4-11,18H,3,12-13H2,1-2H3/t18-/m0/s1. The molecule has 2 fully saturated rings. The molecule has 0 spiro atoms. The zero-order valence-electron chi connectivity index (χ0n) is 14.4. The molecule has 130 valence electrons. The third-order valence-electron chi connectivity index (χ3n) is 4.79. The topological polar surface area (TPSA) is 36.0 Å². The van der Waals surface area contributed by atoms with Crippen molar-refractivity contribution in [2.24, 2.45) is 0 Å². The third kappa shape index (κ3) is 2.75. The van der Waals surface area contributed by atoms with E-state index in [0.29, 0.717) is 0 Å². The highest BCUT2D eigenvalue weighted by atomic mass is 32.2. The fourth-order valence-electron chi connectivity index (χ4n) is 3.55. The lowest BCUT2D eigenvalue weighted by molar-refractivity contribution is 0.0727. The smallest absolute Gasteiger partial charge is 0.340 e. The summed E-state index contributed by atoms with van der Waals surface area (Å²) in [6.45, 7) is 1.67. The molecule has 2 aromatic carbocycles. The van der Waals surface area contributed by atoms with E-state index in [2.05, 4.69) is 23.4 Å². The number of hydrogen-bond acceptors (Lipinski definition) is 4. The number of carbonyl (C=O) groups excluding carboxylic acids is 1. The van der Waals surface area contributed by atoms with Gasteiger partial charge >= 0.3 is 6.03 Å². The molecule has 0 saturated carbocycles. The molecule has 2 heterocycles. The zero-order valence-corrected chi connectivity index (χ0v) is 15.2. The van der Waals surface area contributed by atoms with Crippen LogP contribution in [-0.4, -0.2) is 42.5 Å². The van der Waals surface area contributed by atoms with Crippen molar-refractivity contribution >= 4 is 23.5 Å². The van der Waals surface area contributed by atoms with Crippen LogP contribution in [0.1, 0.15) is 18.2 Å². The summed E-state index contributed by atoms with van der Waals surface area (Å²) in [4.78, 5) is 16.1. The minimum Gasteiger partial charge on any atom is -0.497 e. The van der Waals surface area contributed by atoms with Gasteiger partial charge in [-0.2, -0.15) is 5.01 Å². The minimum atomic E-state index is -0.110. The van der Waals surface area contributed by atoms with Crippen molar-refractivity contribution in [2.45, 2.75) is 17.5 Å². The van der Waals surface area contributed by atoms with Gasteiger partial charge in [-0.15, -0.1) is 11.8 Å². The Bertz CT molecular complexity index is 763. The van der Waals surface area contributed by atoms with Crippen LogP contribution >= 0.6 is 11.8 Å². The molecular weight excluding hydrogens is 334 g/mol. The first kappa shape index (κ1) is 16.3. The van der Waals surface area contributed by atoms with Gasteiger partial charge in [0.15, 0.2) is 0 Å². The summed E-state index contributed by atoms with van der Waals surface area (Å²) in [6, 6.07) is 16.2. The van der Waals surface area contributed by atoms with Gasteiger partial charge < -0.3 is 4.74 Å². The first-order chi connectivity index (χ1) is 12.2. The Labute approximate surface area is 152 Å². The molecule has 2 aliphatic heterocycles. The number of ether oxygens (including phenoxy) is 1. The highest BCUT2D eigenvalue weighted by Gasteiger charge is 2.47. The summed E-state index contributed by atoms with van der Waals surface area (Å²) in [5, 5.41) is 4.05. The summed E-state index contributed by atoms with van der Waals surface area (Å²) in [5.41, 5.74) is 2.02. The Morgan fingerprint density at radius 1 is 1.04 bits per heavy atom. The van der Waals surface area contributed by atoms with Crippen molar-refractivity contribution in [2.75, 3.05) is 31.4 Å². The van der Waals surface area contributed by atoms with Gasteiger partial charge in [0.25, 0.3) is 0 Å². The van der Waals surface area contributed by atoms with E-state index in [1.165, 1.54) is 4.90 Å². The van der Waals surface area contributed by atoms with Crippen LogP contribution < -0.4 is 9.64 Å². The van der Waals surface area contributed by atoms with Crippen molar-refractivity contribution in [3.8, 4) is 5.75 Å². The first-order valence-corrected chi connectivity index (χ1v) is 9.60. The third-order valence-corrected chi connectivity index (χ3v) is 5.53. The van der Waals surface area contributed by atoms with Crippen molar-refractivity contribution < 1.29 is 9.53 Å². The van der Waals surface area contributed by atoms with E-state index < -0.39 is 0 Å². The lowest BCUT2D eigenvalue weighted by atomic mass is 10.1. The molecule has 2 aliphatic rings. The number of anilines is 1. The molecule has 0 aliphatic carbocycles. The van der Waals surface area contributed by atoms with E-state index in [0.717, 1.165) is 36.5 Å². The zero-order chi connectivity index (χ0) is 17.4. The average Bonchev–Trinajstić information content (AvgIpc) is 3.24. The van der Waals surface area contributed by atoms with Crippen LogP contribution in [0.5, 0.6) is 5.75 Å². The molecule has 2 aromatic rings. The highest BCUT2D eigenvalue weighted by Crippen LogP contribution is 2.40. The Balaban J connectivity index is 1.74. The summed E-state index contributed by atoms with van der Waals surface area (Å²) < 4.78 is 5.27. The number of carbonyl (C=O) groups is 1. The molecule has 0 radical (unpaired) electrons. The average molecular weight is 355 g/mol. The maximum atomic E-state index is 13.0. The molecule has 0 N–H and O–H groups in total. The minimum absolute atomic E-state index is 0.0511. The predicted octanol–water partition coefficient (Wildman–Crippen LogP) is 3.98. The van der Waals surface area contributed by atoms with Crippen LogP contribution in [0.4, 0.5) is 10.5 Å². The normalized spacial score (nSPS) is 20.2. The number of benzene rings is 2.